The lowest BCUT2D eigenvalue weighted by molar-refractivity contribution is -0.136. The monoisotopic (exact) mass is 363 g/mol. The van der Waals surface area contributed by atoms with Gasteiger partial charge in [-0.2, -0.15) is 5.10 Å². The summed E-state index contributed by atoms with van der Waals surface area (Å²) < 4.78 is 0. The standard InChI is InChI=1S/C17H15Cl2N3O2/c1-2-11-3-5-12(6-4-11)10-20-22-17(24)16(23)21-13-7-8-14(18)15(19)9-13/h3-10H,2H2,1H3,(H,21,23)(H,22,24)/b20-10+. The Balaban J connectivity index is 1.89. The van der Waals surface area contributed by atoms with Crippen LogP contribution in [0.4, 0.5) is 5.69 Å². The summed E-state index contributed by atoms with van der Waals surface area (Å²) in [6, 6.07) is 12.2. The highest BCUT2D eigenvalue weighted by Gasteiger charge is 2.13. The topological polar surface area (TPSA) is 70.6 Å². The maximum atomic E-state index is 11.8. The number of carbonyl (C=O) groups excluding carboxylic acids is 2. The van der Waals surface area contributed by atoms with Gasteiger partial charge in [0.05, 0.1) is 16.3 Å². The van der Waals surface area contributed by atoms with Crippen molar-refractivity contribution in [2.75, 3.05) is 5.32 Å². The van der Waals surface area contributed by atoms with Crippen molar-refractivity contribution in [1.82, 2.24) is 5.43 Å². The largest absolute Gasteiger partial charge is 0.329 e. The molecule has 2 rings (SSSR count). The molecule has 24 heavy (non-hydrogen) atoms. The van der Waals surface area contributed by atoms with Crippen LogP contribution in [0.2, 0.25) is 10.0 Å². The van der Waals surface area contributed by atoms with E-state index in [9.17, 15) is 9.59 Å². The number of hydrazone groups is 1. The average molecular weight is 364 g/mol. The smallest absolute Gasteiger partial charge is 0.318 e. The lowest BCUT2D eigenvalue weighted by atomic mass is 10.1. The van der Waals surface area contributed by atoms with Crippen molar-refractivity contribution in [3.05, 3.63) is 63.6 Å². The maximum Gasteiger partial charge on any atom is 0.329 e. The Bertz CT molecular complexity index is 774. The second-order valence-corrected chi connectivity index (χ2v) is 5.69. The molecule has 0 atom stereocenters. The zero-order chi connectivity index (χ0) is 17.5. The molecule has 0 heterocycles. The van der Waals surface area contributed by atoms with Crippen molar-refractivity contribution in [3.63, 3.8) is 0 Å². The molecule has 0 aliphatic heterocycles. The van der Waals surface area contributed by atoms with Gasteiger partial charge in [-0.1, -0.05) is 54.4 Å². The molecule has 0 saturated heterocycles. The Morgan fingerprint density at radius 2 is 1.75 bits per heavy atom. The number of benzene rings is 2. The van der Waals surface area contributed by atoms with E-state index in [1.807, 2.05) is 24.3 Å². The second-order valence-electron chi connectivity index (χ2n) is 4.88. The third-order valence-corrected chi connectivity index (χ3v) is 3.89. The summed E-state index contributed by atoms with van der Waals surface area (Å²) in [6.07, 6.45) is 2.41. The normalized spacial score (nSPS) is 10.6. The fraction of sp³-hybridized carbons (Fsp3) is 0.118. The van der Waals surface area contributed by atoms with E-state index in [0.29, 0.717) is 10.7 Å². The van der Waals surface area contributed by atoms with E-state index in [1.165, 1.54) is 30.0 Å². The van der Waals surface area contributed by atoms with E-state index in [4.69, 9.17) is 23.2 Å². The molecule has 124 valence electrons. The van der Waals surface area contributed by atoms with Crippen molar-refractivity contribution >= 4 is 46.9 Å². The first kappa shape index (κ1) is 18.0. The minimum Gasteiger partial charge on any atom is -0.318 e. The van der Waals surface area contributed by atoms with Crippen LogP contribution in [0, 0.1) is 0 Å². The van der Waals surface area contributed by atoms with Crippen molar-refractivity contribution in [1.29, 1.82) is 0 Å². The summed E-state index contributed by atoms with van der Waals surface area (Å²) in [6.45, 7) is 2.07. The van der Waals surface area contributed by atoms with Crippen molar-refractivity contribution in [2.45, 2.75) is 13.3 Å². The molecule has 0 aromatic heterocycles. The van der Waals surface area contributed by atoms with Crippen LogP contribution in [0.25, 0.3) is 0 Å². The summed E-state index contributed by atoms with van der Waals surface area (Å²) >= 11 is 11.6. The lowest BCUT2D eigenvalue weighted by Gasteiger charge is -2.05. The summed E-state index contributed by atoms with van der Waals surface area (Å²) in [4.78, 5) is 23.5. The molecule has 0 bridgehead atoms. The van der Waals surface area contributed by atoms with E-state index in [2.05, 4.69) is 22.8 Å². The van der Waals surface area contributed by atoms with Crippen LogP contribution < -0.4 is 10.7 Å². The predicted octanol–water partition coefficient (Wildman–Crippen LogP) is 3.64. The minimum atomic E-state index is -0.887. The lowest BCUT2D eigenvalue weighted by Crippen LogP contribution is -2.32. The molecule has 0 saturated carbocycles. The quantitative estimate of drug-likeness (QED) is 0.494. The molecular weight excluding hydrogens is 349 g/mol. The van der Waals surface area contributed by atoms with Crippen LogP contribution in [0.15, 0.2) is 47.6 Å². The fourth-order valence-corrected chi connectivity index (χ4v) is 2.12. The Labute approximate surface area is 149 Å². The zero-order valence-electron chi connectivity index (χ0n) is 12.8. The number of amides is 2. The number of hydrogen-bond acceptors (Lipinski definition) is 3. The summed E-state index contributed by atoms with van der Waals surface area (Å²) in [7, 11) is 0. The Morgan fingerprint density at radius 3 is 2.38 bits per heavy atom. The van der Waals surface area contributed by atoms with Gasteiger partial charge < -0.3 is 5.32 Å². The molecule has 5 nitrogen and oxygen atoms in total. The molecule has 0 aliphatic carbocycles. The van der Waals surface area contributed by atoms with Gasteiger partial charge in [-0.25, -0.2) is 5.43 Å². The van der Waals surface area contributed by atoms with Gasteiger partial charge in [0, 0.05) is 5.69 Å². The highest BCUT2D eigenvalue weighted by molar-refractivity contribution is 6.42. The molecule has 0 unspecified atom stereocenters. The Hall–Kier alpha value is -2.37. The van der Waals surface area contributed by atoms with E-state index >= 15 is 0 Å². The van der Waals surface area contributed by atoms with E-state index in [0.717, 1.165) is 12.0 Å². The van der Waals surface area contributed by atoms with Crippen LogP contribution in [-0.4, -0.2) is 18.0 Å². The van der Waals surface area contributed by atoms with Gasteiger partial charge in [-0.15, -0.1) is 0 Å². The van der Waals surface area contributed by atoms with Crippen molar-refractivity contribution < 1.29 is 9.59 Å². The number of halogens is 2. The molecule has 2 aromatic rings. The van der Waals surface area contributed by atoms with Crippen LogP contribution in [-0.2, 0) is 16.0 Å². The number of carbonyl (C=O) groups is 2. The van der Waals surface area contributed by atoms with Gasteiger partial charge in [-0.3, -0.25) is 9.59 Å². The molecule has 2 aromatic carbocycles. The molecule has 0 spiro atoms. The van der Waals surface area contributed by atoms with Crippen LogP contribution in [0.5, 0.6) is 0 Å². The number of hydrogen-bond donors (Lipinski definition) is 2. The number of anilines is 1. The average Bonchev–Trinajstić information content (AvgIpc) is 2.58. The van der Waals surface area contributed by atoms with Crippen LogP contribution in [0.3, 0.4) is 0 Å². The van der Waals surface area contributed by atoms with Gasteiger partial charge in [-0.05, 0) is 35.7 Å². The maximum absolute atomic E-state index is 11.8. The third-order valence-electron chi connectivity index (χ3n) is 3.15. The van der Waals surface area contributed by atoms with E-state index in [1.54, 1.807) is 0 Å². The van der Waals surface area contributed by atoms with Gasteiger partial charge >= 0.3 is 11.8 Å². The van der Waals surface area contributed by atoms with Gasteiger partial charge in [0.15, 0.2) is 0 Å². The minimum absolute atomic E-state index is 0.281. The molecule has 0 radical (unpaired) electrons. The van der Waals surface area contributed by atoms with Gasteiger partial charge in [0.2, 0.25) is 0 Å². The van der Waals surface area contributed by atoms with Gasteiger partial charge in [0.1, 0.15) is 0 Å². The number of nitrogens with one attached hydrogen (secondary N) is 2. The Morgan fingerprint density at radius 1 is 1.04 bits per heavy atom. The first-order valence-electron chi connectivity index (χ1n) is 7.18. The molecule has 0 fully saturated rings. The van der Waals surface area contributed by atoms with Crippen molar-refractivity contribution in [2.24, 2.45) is 5.10 Å². The second kappa shape index (κ2) is 8.47. The van der Waals surface area contributed by atoms with Gasteiger partial charge in [0.25, 0.3) is 0 Å². The van der Waals surface area contributed by atoms with Crippen LogP contribution in [0.1, 0.15) is 18.1 Å². The third kappa shape index (κ3) is 5.08. The summed E-state index contributed by atoms with van der Waals surface area (Å²) in [5.74, 6) is -1.74. The number of nitrogens with zero attached hydrogens (tertiary/aromatic N) is 1. The predicted molar refractivity (Wildman–Crippen MR) is 96.6 cm³/mol. The SMILES string of the molecule is CCc1ccc(/C=N/NC(=O)C(=O)Nc2ccc(Cl)c(Cl)c2)cc1. The molecule has 0 aliphatic rings. The van der Waals surface area contributed by atoms with Crippen molar-refractivity contribution in [3.8, 4) is 0 Å². The first-order chi connectivity index (χ1) is 11.5. The zero-order valence-corrected chi connectivity index (χ0v) is 14.4. The number of aryl methyl sites for hydroxylation is 1. The molecular formula is C17H15Cl2N3O2. The fourth-order valence-electron chi connectivity index (χ4n) is 1.82. The molecule has 2 amide bonds. The molecule has 2 N–H and O–H groups in total. The molecule has 7 heteroatoms. The highest BCUT2D eigenvalue weighted by Crippen LogP contribution is 2.24. The van der Waals surface area contributed by atoms with E-state index in [-0.39, 0.29) is 5.02 Å². The summed E-state index contributed by atoms with van der Waals surface area (Å²) in [5, 5.41) is 6.80. The van der Waals surface area contributed by atoms with Crippen LogP contribution >= 0.6 is 23.2 Å². The first-order valence-corrected chi connectivity index (χ1v) is 7.93. The highest BCUT2D eigenvalue weighted by atomic mass is 35.5. The number of rotatable bonds is 4. The summed E-state index contributed by atoms with van der Waals surface area (Å²) in [5.41, 5.74) is 4.55. The van der Waals surface area contributed by atoms with E-state index < -0.39 is 11.8 Å². The Kier molecular flexibility index (Phi) is 6.35.